The average Bonchev–Trinajstić information content (AvgIpc) is 2.42. The summed E-state index contributed by atoms with van der Waals surface area (Å²) in [5.41, 5.74) is 4.37. The minimum atomic E-state index is -0.410. The van der Waals surface area contributed by atoms with E-state index in [0.717, 1.165) is 15.6 Å². The summed E-state index contributed by atoms with van der Waals surface area (Å²) in [7, 11) is 1.44. The van der Waals surface area contributed by atoms with Gasteiger partial charge in [0, 0.05) is 4.47 Å². The van der Waals surface area contributed by atoms with Crippen LogP contribution in [0.5, 0.6) is 5.75 Å². The Bertz CT molecular complexity index is 577. The smallest absolute Gasteiger partial charge is 0.165 e. The highest BCUT2D eigenvalue weighted by Crippen LogP contribution is 2.30. The molecule has 0 radical (unpaired) electrons. The summed E-state index contributed by atoms with van der Waals surface area (Å²) < 4.78 is 19.6. The van der Waals surface area contributed by atoms with Gasteiger partial charge in [-0.3, -0.25) is 5.84 Å². The van der Waals surface area contributed by atoms with Crippen molar-refractivity contribution in [3.8, 4) is 5.75 Å². The Hall–Kier alpha value is -1.43. The number of nitrogens with one attached hydrogen (secondary N) is 1. The Morgan fingerprint density at radius 1 is 1.26 bits per heavy atom. The van der Waals surface area contributed by atoms with Crippen molar-refractivity contribution in [1.29, 1.82) is 0 Å². The molecule has 2 rings (SSSR count). The molecule has 0 saturated heterocycles. The fraction of sp³-hybridized carbons (Fsp3) is 0.143. The summed E-state index contributed by atoms with van der Waals surface area (Å²) >= 11 is 3.47. The van der Waals surface area contributed by atoms with Crippen LogP contribution in [0.3, 0.4) is 0 Å². The summed E-state index contributed by atoms with van der Waals surface area (Å²) in [5, 5.41) is 0. The van der Waals surface area contributed by atoms with E-state index in [1.54, 1.807) is 12.1 Å². The SMILES string of the molecule is COc1ccc(C(NN)c2ccccc2Br)cc1F. The molecule has 0 fully saturated rings. The molecular formula is C14H14BrFN2O. The normalized spacial score (nSPS) is 12.2. The number of methoxy groups -OCH3 is 1. The van der Waals surface area contributed by atoms with E-state index in [1.807, 2.05) is 24.3 Å². The lowest BCUT2D eigenvalue weighted by molar-refractivity contribution is 0.385. The minimum Gasteiger partial charge on any atom is -0.494 e. The first kappa shape index (κ1) is 14.0. The number of halogens is 2. The molecule has 3 N–H and O–H groups in total. The van der Waals surface area contributed by atoms with Gasteiger partial charge in [-0.05, 0) is 29.3 Å². The molecule has 0 aliphatic carbocycles. The van der Waals surface area contributed by atoms with Crippen molar-refractivity contribution in [2.45, 2.75) is 6.04 Å². The Morgan fingerprint density at radius 2 is 2.00 bits per heavy atom. The first-order valence-corrected chi connectivity index (χ1v) is 6.50. The van der Waals surface area contributed by atoms with E-state index in [2.05, 4.69) is 21.4 Å². The van der Waals surface area contributed by atoms with Crippen LogP contribution in [-0.2, 0) is 0 Å². The summed E-state index contributed by atoms with van der Waals surface area (Å²) in [4.78, 5) is 0. The molecule has 0 aliphatic heterocycles. The molecule has 0 aliphatic rings. The van der Waals surface area contributed by atoms with Gasteiger partial charge in [0.05, 0.1) is 13.2 Å². The molecule has 19 heavy (non-hydrogen) atoms. The molecule has 0 aromatic heterocycles. The maximum absolute atomic E-state index is 13.8. The van der Waals surface area contributed by atoms with Gasteiger partial charge in [-0.15, -0.1) is 0 Å². The van der Waals surface area contributed by atoms with Crippen LogP contribution in [0.25, 0.3) is 0 Å². The summed E-state index contributed by atoms with van der Waals surface area (Å²) in [6.07, 6.45) is 0. The van der Waals surface area contributed by atoms with Crippen LogP contribution >= 0.6 is 15.9 Å². The third-order valence-electron chi connectivity index (χ3n) is 2.89. The molecule has 0 amide bonds. The number of hydrazine groups is 1. The Morgan fingerprint density at radius 3 is 2.58 bits per heavy atom. The van der Waals surface area contributed by atoms with Gasteiger partial charge in [0.25, 0.3) is 0 Å². The molecule has 0 spiro atoms. The molecule has 1 atom stereocenters. The first-order chi connectivity index (χ1) is 9.17. The summed E-state index contributed by atoms with van der Waals surface area (Å²) in [6.45, 7) is 0. The van der Waals surface area contributed by atoms with E-state index in [0.29, 0.717) is 0 Å². The summed E-state index contributed by atoms with van der Waals surface area (Å²) in [5.74, 6) is 5.41. The zero-order valence-electron chi connectivity index (χ0n) is 10.4. The van der Waals surface area contributed by atoms with Crippen molar-refractivity contribution in [2.24, 2.45) is 5.84 Å². The van der Waals surface area contributed by atoms with Crippen LogP contribution in [0.2, 0.25) is 0 Å². The van der Waals surface area contributed by atoms with Gasteiger partial charge in [-0.2, -0.15) is 0 Å². The topological polar surface area (TPSA) is 47.3 Å². The zero-order valence-corrected chi connectivity index (χ0v) is 11.9. The number of nitrogens with two attached hydrogens (primary N) is 1. The van der Waals surface area contributed by atoms with Crippen LogP contribution in [0.4, 0.5) is 4.39 Å². The van der Waals surface area contributed by atoms with E-state index < -0.39 is 5.82 Å². The highest BCUT2D eigenvalue weighted by Gasteiger charge is 2.16. The number of rotatable bonds is 4. The molecule has 0 heterocycles. The van der Waals surface area contributed by atoms with Gasteiger partial charge in [0.2, 0.25) is 0 Å². The van der Waals surface area contributed by atoms with E-state index in [9.17, 15) is 4.39 Å². The predicted octanol–water partition coefficient (Wildman–Crippen LogP) is 3.15. The van der Waals surface area contributed by atoms with Crippen molar-refractivity contribution < 1.29 is 9.13 Å². The molecule has 1 unspecified atom stereocenters. The predicted molar refractivity (Wildman–Crippen MR) is 76.3 cm³/mol. The van der Waals surface area contributed by atoms with Crippen LogP contribution < -0.4 is 16.0 Å². The van der Waals surface area contributed by atoms with Crippen LogP contribution in [-0.4, -0.2) is 7.11 Å². The Kier molecular flexibility index (Phi) is 4.52. The van der Waals surface area contributed by atoms with Gasteiger partial charge in [-0.1, -0.05) is 40.2 Å². The van der Waals surface area contributed by atoms with E-state index in [1.165, 1.54) is 13.2 Å². The van der Waals surface area contributed by atoms with Crippen LogP contribution in [0.1, 0.15) is 17.2 Å². The molecule has 0 saturated carbocycles. The Labute approximate surface area is 119 Å². The molecule has 2 aromatic carbocycles. The monoisotopic (exact) mass is 324 g/mol. The number of hydrogen-bond acceptors (Lipinski definition) is 3. The molecule has 5 heteroatoms. The fourth-order valence-corrected chi connectivity index (χ4v) is 2.45. The second-order valence-corrected chi connectivity index (χ2v) is 4.87. The first-order valence-electron chi connectivity index (χ1n) is 5.71. The van der Waals surface area contributed by atoms with Crippen molar-refractivity contribution >= 4 is 15.9 Å². The fourth-order valence-electron chi connectivity index (χ4n) is 1.94. The van der Waals surface area contributed by atoms with Crippen molar-refractivity contribution in [2.75, 3.05) is 7.11 Å². The van der Waals surface area contributed by atoms with E-state index in [4.69, 9.17) is 10.6 Å². The maximum Gasteiger partial charge on any atom is 0.165 e. The lowest BCUT2D eigenvalue weighted by Gasteiger charge is -2.18. The largest absolute Gasteiger partial charge is 0.494 e. The lowest BCUT2D eigenvalue weighted by Crippen LogP contribution is -2.29. The summed E-state index contributed by atoms with van der Waals surface area (Å²) in [6, 6.07) is 12.2. The van der Waals surface area contributed by atoms with E-state index >= 15 is 0 Å². The van der Waals surface area contributed by atoms with Crippen LogP contribution in [0, 0.1) is 5.82 Å². The molecule has 100 valence electrons. The highest BCUT2D eigenvalue weighted by molar-refractivity contribution is 9.10. The van der Waals surface area contributed by atoms with Crippen molar-refractivity contribution in [1.82, 2.24) is 5.43 Å². The second kappa shape index (κ2) is 6.14. The van der Waals surface area contributed by atoms with Gasteiger partial charge in [0.1, 0.15) is 0 Å². The minimum absolute atomic E-state index is 0.214. The molecule has 2 aromatic rings. The van der Waals surface area contributed by atoms with Gasteiger partial charge in [-0.25, -0.2) is 9.82 Å². The number of hydrogen-bond donors (Lipinski definition) is 2. The quantitative estimate of drug-likeness (QED) is 0.671. The van der Waals surface area contributed by atoms with Gasteiger partial charge in [0.15, 0.2) is 11.6 Å². The number of benzene rings is 2. The third-order valence-corrected chi connectivity index (χ3v) is 3.61. The molecule has 3 nitrogen and oxygen atoms in total. The van der Waals surface area contributed by atoms with Gasteiger partial charge >= 0.3 is 0 Å². The lowest BCUT2D eigenvalue weighted by atomic mass is 9.99. The maximum atomic E-state index is 13.8. The van der Waals surface area contributed by atoms with Crippen LogP contribution in [0.15, 0.2) is 46.9 Å². The molecular weight excluding hydrogens is 311 g/mol. The molecule has 0 bridgehead atoms. The third kappa shape index (κ3) is 2.94. The van der Waals surface area contributed by atoms with Crippen molar-refractivity contribution in [3.05, 3.63) is 63.9 Å². The van der Waals surface area contributed by atoms with E-state index in [-0.39, 0.29) is 11.8 Å². The standard InChI is InChI=1S/C14H14BrFN2O/c1-19-13-7-6-9(8-12(13)16)14(18-17)10-4-2-3-5-11(10)15/h2-8,14,18H,17H2,1H3. The van der Waals surface area contributed by atoms with Gasteiger partial charge < -0.3 is 4.74 Å². The average molecular weight is 325 g/mol. The second-order valence-electron chi connectivity index (χ2n) is 4.02. The zero-order chi connectivity index (χ0) is 13.8. The Balaban J connectivity index is 2.43. The van der Waals surface area contributed by atoms with Crippen molar-refractivity contribution in [3.63, 3.8) is 0 Å². The highest BCUT2D eigenvalue weighted by atomic mass is 79.9. The number of ether oxygens (including phenoxy) is 1.